The van der Waals surface area contributed by atoms with Crippen molar-refractivity contribution in [2.75, 3.05) is 19.7 Å². The van der Waals surface area contributed by atoms with E-state index in [0.29, 0.717) is 43.4 Å². The number of rotatable bonds is 3. The van der Waals surface area contributed by atoms with Crippen LogP contribution in [0.2, 0.25) is 5.15 Å². The second-order valence-electron chi connectivity index (χ2n) is 4.81. The van der Waals surface area contributed by atoms with Gasteiger partial charge >= 0.3 is 6.09 Å². The van der Waals surface area contributed by atoms with E-state index in [1.807, 2.05) is 0 Å². The molecule has 0 N–H and O–H groups in total. The van der Waals surface area contributed by atoms with E-state index in [0.717, 1.165) is 0 Å². The van der Waals surface area contributed by atoms with E-state index in [1.54, 1.807) is 30.0 Å². The summed E-state index contributed by atoms with van der Waals surface area (Å²) >= 11 is 5.78. The fraction of sp³-hybridized carbons (Fsp3) is 0.571. The third kappa shape index (κ3) is 3.60. The molecule has 2 rings (SSSR count). The molecule has 0 radical (unpaired) electrons. The van der Waals surface area contributed by atoms with E-state index in [2.05, 4.69) is 4.98 Å². The Balaban J connectivity index is 1.92. The molecule has 1 aromatic heterocycles. The van der Waals surface area contributed by atoms with E-state index in [1.165, 1.54) is 0 Å². The SMILES string of the molecule is CCOC(=O)N1CCC([C@H](F)c2cccc(Cl)n2)CC1. The zero-order valence-corrected chi connectivity index (χ0v) is 12.1. The zero-order chi connectivity index (χ0) is 14.5. The highest BCUT2D eigenvalue weighted by molar-refractivity contribution is 6.29. The molecule has 0 saturated carbocycles. The first-order valence-electron chi connectivity index (χ1n) is 6.80. The second-order valence-corrected chi connectivity index (χ2v) is 5.20. The van der Waals surface area contributed by atoms with Crippen LogP contribution < -0.4 is 0 Å². The Morgan fingerprint density at radius 2 is 2.25 bits per heavy atom. The summed E-state index contributed by atoms with van der Waals surface area (Å²) in [5.74, 6) is -0.133. The van der Waals surface area contributed by atoms with Crippen LogP contribution in [-0.4, -0.2) is 35.7 Å². The summed E-state index contributed by atoms with van der Waals surface area (Å²) in [6.45, 7) is 3.17. The maximum absolute atomic E-state index is 14.4. The van der Waals surface area contributed by atoms with Gasteiger partial charge in [0.25, 0.3) is 0 Å². The van der Waals surface area contributed by atoms with Gasteiger partial charge in [0, 0.05) is 13.1 Å². The molecule has 0 aliphatic carbocycles. The van der Waals surface area contributed by atoms with Gasteiger partial charge in [0.1, 0.15) is 11.3 Å². The van der Waals surface area contributed by atoms with Crippen LogP contribution in [-0.2, 0) is 4.74 Å². The molecule has 1 aromatic rings. The van der Waals surface area contributed by atoms with Gasteiger partial charge in [0.15, 0.2) is 0 Å². The van der Waals surface area contributed by atoms with E-state index in [9.17, 15) is 9.18 Å². The number of ether oxygens (including phenoxy) is 1. The molecule has 1 aliphatic rings. The van der Waals surface area contributed by atoms with Crippen molar-refractivity contribution in [1.82, 2.24) is 9.88 Å². The number of nitrogens with zero attached hydrogens (tertiary/aromatic N) is 2. The predicted octanol–water partition coefficient (Wildman–Crippen LogP) is 3.61. The van der Waals surface area contributed by atoms with Crippen LogP contribution >= 0.6 is 11.6 Å². The second kappa shape index (κ2) is 6.88. The summed E-state index contributed by atoms with van der Waals surface area (Å²) in [6, 6.07) is 4.97. The number of likely N-dealkylation sites (tertiary alicyclic amines) is 1. The minimum atomic E-state index is -1.14. The van der Waals surface area contributed by atoms with Crippen molar-refractivity contribution < 1.29 is 13.9 Å². The average Bonchev–Trinajstić information content (AvgIpc) is 2.47. The lowest BCUT2D eigenvalue weighted by molar-refractivity contribution is 0.0770. The Kier molecular flexibility index (Phi) is 5.17. The molecule has 1 aliphatic heterocycles. The van der Waals surface area contributed by atoms with Crippen molar-refractivity contribution in [2.24, 2.45) is 5.92 Å². The highest BCUT2D eigenvalue weighted by Crippen LogP contribution is 2.33. The van der Waals surface area contributed by atoms with Crippen molar-refractivity contribution in [2.45, 2.75) is 25.9 Å². The molecule has 2 heterocycles. The Hall–Kier alpha value is -1.36. The highest BCUT2D eigenvalue weighted by Gasteiger charge is 2.30. The van der Waals surface area contributed by atoms with Gasteiger partial charge in [-0.25, -0.2) is 14.2 Å². The van der Waals surface area contributed by atoms with Crippen LogP contribution in [0.4, 0.5) is 9.18 Å². The fourth-order valence-electron chi connectivity index (χ4n) is 2.41. The molecule has 0 unspecified atom stereocenters. The maximum Gasteiger partial charge on any atom is 0.409 e. The third-order valence-electron chi connectivity index (χ3n) is 3.50. The van der Waals surface area contributed by atoms with Gasteiger partial charge in [0.05, 0.1) is 12.3 Å². The van der Waals surface area contributed by atoms with Crippen LogP contribution in [0.15, 0.2) is 18.2 Å². The van der Waals surface area contributed by atoms with Crippen molar-refractivity contribution in [1.29, 1.82) is 0 Å². The number of carbonyl (C=O) groups is 1. The standard InChI is InChI=1S/C14H18ClFN2O2/c1-2-20-14(19)18-8-6-10(7-9-18)13(16)11-4-3-5-12(15)17-11/h3-5,10,13H,2,6-9H2,1H3/t13-/m0/s1. The van der Waals surface area contributed by atoms with Gasteiger partial charge in [0.2, 0.25) is 0 Å². The Morgan fingerprint density at radius 3 is 2.85 bits per heavy atom. The minimum Gasteiger partial charge on any atom is -0.450 e. The highest BCUT2D eigenvalue weighted by atomic mass is 35.5. The summed E-state index contributed by atoms with van der Waals surface area (Å²) < 4.78 is 19.4. The zero-order valence-electron chi connectivity index (χ0n) is 11.4. The number of pyridine rings is 1. The summed E-state index contributed by atoms with van der Waals surface area (Å²) in [4.78, 5) is 17.2. The summed E-state index contributed by atoms with van der Waals surface area (Å²) in [6.07, 6.45) is -0.247. The molecule has 1 fully saturated rings. The predicted molar refractivity (Wildman–Crippen MR) is 74.4 cm³/mol. The van der Waals surface area contributed by atoms with Crippen molar-refractivity contribution in [3.05, 3.63) is 29.0 Å². The molecular formula is C14H18ClFN2O2. The molecule has 4 nitrogen and oxygen atoms in total. The van der Waals surface area contributed by atoms with Gasteiger partial charge in [-0.05, 0) is 37.8 Å². The fourth-order valence-corrected chi connectivity index (χ4v) is 2.58. The molecule has 1 atom stereocenters. The number of hydrogen-bond acceptors (Lipinski definition) is 3. The minimum absolute atomic E-state index is 0.133. The van der Waals surface area contributed by atoms with Gasteiger partial charge in [-0.1, -0.05) is 17.7 Å². The number of carbonyl (C=O) groups excluding carboxylic acids is 1. The van der Waals surface area contributed by atoms with Crippen molar-refractivity contribution in [3.63, 3.8) is 0 Å². The van der Waals surface area contributed by atoms with E-state index in [-0.39, 0.29) is 12.0 Å². The molecule has 0 aromatic carbocycles. The van der Waals surface area contributed by atoms with Crippen LogP contribution in [0.25, 0.3) is 0 Å². The number of halogens is 2. The smallest absolute Gasteiger partial charge is 0.409 e. The number of amides is 1. The third-order valence-corrected chi connectivity index (χ3v) is 3.71. The first-order chi connectivity index (χ1) is 9.61. The molecule has 0 spiro atoms. The molecular weight excluding hydrogens is 283 g/mol. The number of piperidine rings is 1. The quantitative estimate of drug-likeness (QED) is 0.801. The molecule has 1 amide bonds. The Bertz CT molecular complexity index is 464. The topological polar surface area (TPSA) is 42.4 Å². The van der Waals surface area contributed by atoms with Gasteiger partial charge in [-0.15, -0.1) is 0 Å². The van der Waals surface area contributed by atoms with Crippen LogP contribution in [0, 0.1) is 5.92 Å². The monoisotopic (exact) mass is 300 g/mol. The lowest BCUT2D eigenvalue weighted by Gasteiger charge is -2.32. The van der Waals surface area contributed by atoms with E-state index < -0.39 is 6.17 Å². The lowest BCUT2D eigenvalue weighted by Crippen LogP contribution is -2.39. The van der Waals surface area contributed by atoms with Crippen molar-refractivity contribution >= 4 is 17.7 Å². The van der Waals surface area contributed by atoms with E-state index in [4.69, 9.17) is 16.3 Å². The van der Waals surface area contributed by atoms with Gasteiger partial charge < -0.3 is 9.64 Å². The maximum atomic E-state index is 14.4. The first-order valence-corrected chi connectivity index (χ1v) is 7.17. The summed E-state index contributed by atoms with van der Waals surface area (Å²) in [5.41, 5.74) is 0.368. The molecule has 110 valence electrons. The van der Waals surface area contributed by atoms with Crippen LogP contribution in [0.5, 0.6) is 0 Å². The van der Waals surface area contributed by atoms with Gasteiger partial charge in [-0.3, -0.25) is 0 Å². The Morgan fingerprint density at radius 1 is 1.55 bits per heavy atom. The largest absolute Gasteiger partial charge is 0.450 e. The molecule has 1 saturated heterocycles. The van der Waals surface area contributed by atoms with Crippen LogP contribution in [0.1, 0.15) is 31.6 Å². The normalized spacial score (nSPS) is 17.9. The van der Waals surface area contributed by atoms with E-state index >= 15 is 0 Å². The lowest BCUT2D eigenvalue weighted by atomic mass is 9.90. The number of alkyl halides is 1. The number of hydrogen-bond donors (Lipinski definition) is 0. The molecule has 20 heavy (non-hydrogen) atoms. The van der Waals surface area contributed by atoms with Gasteiger partial charge in [-0.2, -0.15) is 0 Å². The van der Waals surface area contributed by atoms with Crippen molar-refractivity contribution in [3.8, 4) is 0 Å². The molecule has 0 bridgehead atoms. The average molecular weight is 301 g/mol. The molecule has 6 heteroatoms. The first kappa shape index (κ1) is 15.0. The van der Waals surface area contributed by atoms with Crippen LogP contribution in [0.3, 0.4) is 0 Å². The Labute approximate surface area is 122 Å². The summed E-state index contributed by atoms with van der Waals surface area (Å²) in [5, 5.41) is 0.300. The number of aromatic nitrogens is 1. The summed E-state index contributed by atoms with van der Waals surface area (Å²) in [7, 11) is 0.